The maximum absolute atomic E-state index is 11.7. The zero-order chi connectivity index (χ0) is 13.5. The van der Waals surface area contributed by atoms with Crippen LogP contribution in [0.15, 0.2) is 30.3 Å². The van der Waals surface area contributed by atoms with Crippen molar-refractivity contribution < 1.29 is 13.5 Å². The second-order valence-electron chi connectivity index (χ2n) is 5.77. The largest absolute Gasteiger partial charge is 0.392 e. The Labute approximate surface area is 114 Å². The van der Waals surface area contributed by atoms with Crippen molar-refractivity contribution in [1.82, 2.24) is 4.90 Å². The fourth-order valence-corrected chi connectivity index (χ4v) is 5.38. The molecule has 2 bridgehead atoms. The summed E-state index contributed by atoms with van der Waals surface area (Å²) in [6.45, 7) is 2.18. The number of piperidine rings is 1. The number of rotatable bonds is 2. The molecule has 3 rings (SSSR count). The monoisotopic (exact) mass is 281 g/mol. The van der Waals surface area contributed by atoms with Gasteiger partial charge in [-0.1, -0.05) is 30.3 Å². The minimum atomic E-state index is -2.96. The normalized spacial score (nSPS) is 34.1. The minimum absolute atomic E-state index is 0.124. The predicted molar refractivity (Wildman–Crippen MR) is 73.4 cm³/mol. The van der Waals surface area contributed by atoms with Crippen LogP contribution in [0.1, 0.15) is 5.56 Å². The molecule has 1 N–H and O–H groups in total. The molecule has 0 aliphatic carbocycles. The highest BCUT2D eigenvalue weighted by Crippen LogP contribution is 2.31. The Hall–Kier alpha value is -0.910. The molecule has 2 saturated heterocycles. The van der Waals surface area contributed by atoms with E-state index in [1.54, 1.807) is 0 Å². The molecule has 1 aromatic carbocycles. The molecule has 2 aliphatic rings. The van der Waals surface area contributed by atoms with Gasteiger partial charge in [0.2, 0.25) is 0 Å². The zero-order valence-electron chi connectivity index (χ0n) is 10.8. The van der Waals surface area contributed by atoms with Crippen LogP contribution < -0.4 is 0 Å². The van der Waals surface area contributed by atoms with E-state index < -0.39 is 15.9 Å². The molecule has 0 spiro atoms. The third-order valence-electron chi connectivity index (χ3n) is 4.14. The van der Waals surface area contributed by atoms with Crippen molar-refractivity contribution in [1.29, 1.82) is 0 Å². The molecular formula is C14H19NO3S. The number of nitrogens with zero attached hydrogens (tertiary/aromatic N) is 1. The minimum Gasteiger partial charge on any atom is -0.392 e. The van der Waals surface area contributed by atoms with Crippen molar-refractivity contribution in [2.45, 2.75) is 12.6 Å². The topological polar surface area (TPSA) is 57.6 Å². The van der Waals surface area contributed by atoms with Gasteiger partial charge < -0.3 is 5.11 Å². The van der Waals surface area contributed by atoms with Gasteiger partial charge in [0.15, 0.2) is 9.84 Å². The van der Waals surface area contributed by atoms with Crippen molar-refractivity contribution in [3.63, 3.8) is 0 Å². The van der Waals surface area contributed by atoms with Gasteiger partial charge in [-0.3, -0.25) is 4.90 Å². The predicted octanol–water partition coefficient (Wildman–Crippen LogP) is 0.524. The second-order valence-corrected chi connectivity index (χ2v) is 7.92. The third kappa shape index (κ3) is 2.83. The molecule has 1 aromatic rings. The van der Waals surface area contributed by atoms with Crippen LogP contribution in [0.2, 0.25) is 0 Å². The van der Waals surface area contributed by atoms with E-state index in [1.807, 2.05) is 18.2 Å². The van der Waals surface area contributed by atoms with Gasteiger partial charge >= 0.3 is 0 Å². The van der Waals surface area contributed by atoms with Crippen molar-refractivity contribution in [3.8, 4) is 0 Å². The highest BCUT2D eigenvalue weighted by atomic mass is 32.2. The van der Waals surface area contributed by atoms with Gasteiger partial charge in [-0.2, -0.15) is 0 Å². The summed E-state index contributed by atoms with van der Waals surface area (Å²) < 4.78 is 23.5. The number of aliphatic hydroxyl groups is 1. The lowest BCUT2D eigenvalue weighted by atomic mass is 9.87. The van der Waals surface area contributed by atoms with E-state index in [0.29, 0.717) is 13.1 Å². The van der Waals surface area contributed by atoms with Crippen molar-refractivity contribution >= 4 is 9.84 Å². The highest BCUT2D eigenvalue weighted by molar-refractivity contribution is 7.91. The van der Waals surface area contributed by atoms with Crippen LogP contribution in [0.25, 0.3) is 0 Å². The van der Waals surface area contributed by atoms with Gasteiger partial charge in [0.25, 0.3) is 0 Å². The lowest BCUT2D eigenvalue weighted by molar-refractivity contribution is -0.0135. The Kier molecular flexibility index (Phi) is 3.37. The van der Waals surface area contributed by atoms with Gasteiger partial charge in [0.1, 0.15) is 0 Å². The van der Waals surface area contributed by atoms with Gasteiger partial charge in [-0.05, 0) is 5.56 Å². The molecule has 0 amide bonds. The van der Waals surface area contributed by atoms with Crippen molar-refractivity contribution in [2.24, 2.45) is 11.8 Å². The quantitative estimate of drug-likeness (QED) is 0.859. The highest BCUT2D eigenvalue weighted by Gasteiger charge is 2.44. The third-order valence-corrected chi connectivity index (χ3v) is 6.01. The van der Waals surface area contributed by atoms with Gasteiger partial charge in [0.05, 0.1) is 17.6 Å². The Morgan fingerprint density at radius 2 is 1.68 bits per heavy atom. The molecule has 1 unspecified atom stereocenters. The molecule has 2 aliphatic heterocycles. The summed E-state index contributed by atoms with van der Waals surface area (Å²) in [5.74, 6) is 0.0220. The Balaban J connectivity index is 1.72. The summed E-state index contributed by atoms with van der Waals surface area (Å²) >= 11 is 0. The van der Waals surface area contributed by atoms with Gasteiger partial charge in [-0.25, -0.2) is 8.42 Å². The van der Waals surface area contributed by atoms with E-state index in [4.69, 9.17) is 0 Å². The molecule has 19 heavy (non-hydrogen) atoms. The molecule has 0 radical (unpaired) electrons. The average molecular weight is 281 g/mol. The molecule has 2 heterocycles. The van der Waals surface area contributed by atoms with Gasteiger partial charge in [0, 0.05) is 31.5 Å². The number of likely N-dealkylation sites (tertiary alicyclic amines) is 1. The maximum Gasteiger partial charge on any atom is 0.151 e. The van der Waals surface area contributed by atoms with Crippen LogP contribution in [-0.4, -0.2) is 49.1 Å². The maximum atomic E-state index is 11.7. The van der Waals surface area contributed by atoms with Crippen LogP contribution in [0, 0.1) is 11.8 Å². The number of sulfone groups is 1. The molecule has 3 atom stereocenters. The first-order valence-electron chi connectivity index (χ1n) is 6.68. The van der Waals surface area contributed by atoms with E-state index in [1.165, 1.54) is 5.56 Å². The van der Waals surface area contributed by atoms with Crippen LogP contribution >= 0.6 is 0 Å². The fraction of sp³-hybridized carbons (Fsp3) is 0.571. The molecule has 2 fully saturated rings. The first kappa shape index (κ1) is 13.1. The Morgan fingerprint density at radius 3 is 2.26 bits per heavy atom. The van der Waals surface area contributed by atoms with E-state index in [2.05, 4.69) is 17.0 Å². The molecule has 0 aromatic heterocycles. The molecule has 5 heteroatoms. The van der Waals surface area contributed by atoms with Crippen LogP contribution in [0.4, 0.5) is 0 Å². The lowest BCUT2D eigenvalue weighted by Gasteiger charge is -2.44. The summed E-state index contributed by atoms with van der Waals surface area (Å²) in [4.78, 5) is 2.27. The van der Waals surface area contributed by atoms with Crippen molar-refractivity contribution in [2.75, 3.05) is 24.6 Å². The SMILES string of the molecule is O=S1(=O)C[C@H]2CN(Cc3ccccc3)C[C@@H](C1)C2O. The summed E-state index contributed by atoms with van der Waals surface area (Å²) in [7, 11) is -2.96. The number of hydrogen-bond acceptors (Lipinski definition) is 4. The number of benzene rings is 1. The Morgan fingerprint density at radius 1 is 1.11 bits per heavy atom. The summed E-state index contributed by atoms with van der Waals surface area (Å²) in [5.41, 5.74) is 1.24. The number of hydrogen-bond donors (Lipinski definition) is 1. The molecule has 4 nitrogen and oxygen atoms in total. The molecule has 104 valence electrons. The van der Waals surface area contributed by atoms with Gasteiger partial charge in [-0.15, -0.1) is 0 Å². The van der Waals surface area contributed by atoms with E-state index >= 15 is 0 Å². The zero-order valence-corrected chi connectivity index (χ0v) is 11.6. The van der Waals surface area contributed by atoms with E-state index in [-0.39, 0.29) is 23.3 Å². The summed E-state index contributed by atoms with van der Waals surface area (Å²) in [5, 5.41) is 10.1. The average Bonchev–Trinajstić information content (AvgIpc) is 2.33. The fourth-order valence-electron chi connectivity index (χ4n) is 3.33. The molecular weight excluding hydrogens is 262 g/mol. The second kappa shape index (κ2) is 4.89. The smallest absolute Gasteiger partial charge is 0.151 e. The standard InChI is InChI=1S/C14H19NO3S/c16-14-12-7-15(6-11-4-2-1-3-5-11)8-13(14)10-19(17,18)9-12/h1-5,12-14,16H,6-10H2/t12-,13+,14?. The first-order chi connectivity index (χ1) is 9.03. The summed E-state index contributed by atoms with van der Waals surface area (Å²) in [6, 6.07) is 10.2. The van der Waals surface area contributed by atoms with E-state index in [9.17, 15) is 13.5 Å². The number of fused-ring (bicyclic) bond motifs is 2. The number of aliphatic hydroxyl groups excluding tert-OH is 1. The van der Waals surface area contributed by atoms with Crippen LogP contribution in [0.5, 0.6) is 0 Å². The molecule has 0 saturated carbocycles. The first-order valence-corrected chi connectivity index (χ1v) is 8.50. The Bertz CT molecular complexity index is 521. The lowest BCUT2D eigenvalue weighted by Crippen LogP contribution is -2.56. The summed E-state index contributed by atoms with van der Waals surface area (Å²) in [6.07, 6.45) is -0.449. The van der Waals surface area contributed by atoms with Crippen molar-refractivity contribution in [3.05, 3.63) is 35.9 Å². The van der Waals surface area contributed by atoms with Crippen LogP contribution in [0.3, 0.4) is 0 Å². The van der Waals surface area contributed by atoms with Crippen LogP contribution in [-0.2, 0) is 16.4 Å². The van der Waals surface area contributed by atoms with E-state index in [0.717, 1.165) is 6.54 Å².